The van der Waals surface area contributed by atoms with Gasteiger partial charge in [0.25, 0.3) is 5.56 Å². The van der Waals surface area contributed by atoms with Gasteiger partial charge in [0, 0.05) is 45.6 Å². The number of amides is 1. The van der Waals surface area contributed by atoms with E-state index in [1.165, 1.54) is 35.2 Å². The molecule has 4 aromatic rings. The molecule has 1 aliphatic carbocycles. The van der Waals surface area contributed by atoms with Gasteiger partial charge in [-0.05, 0) is 73.8 Å². The summed E-state index contributed by atoms with van der Waals surface area (Å²) in [4.78, 5) is 37.5. The lowest BCUT2D eigenvalue weighted by atomic mass is 9.68. The van der Waals surface area contributed by atoms with Crippen molar-refractivity contribution in [3.05, 3.63) is 101 Å². The van der Waals surface area contributed by atoms with E-state index in [2.05, 4.69) is 21.8 Å². The third-order valence-corrected chi connectivity index (χ3v) is 9.59. The second-order valence-corrected chi connectivity index (χ2v) is 12.7. The highest BCUT2D eigenvalue weighted by Gasteiger charge is 2.46. The number of hydrogen-bond acceptors (Lipinski definition) is 8. The number of nitrogens with two attached hydrogens (primary N) is 1. The molecule has 12 heteroatoms. The lowest BCUT2D eigenvalue weighted by molar-refractivity contribution is -0.143. The highest BCUT2D eigenvalue weighted by atomic mass is 19.1. The predicted octanol–water partition coefficient (Wildman–Crippen LogP) is 3.86. The first-order valence-corrected chi connectivity index (χ1v) is 16.0. The number of rotatable bonds is 7. The predicted molar refractivity (Wildman–Crippen MR) is 176 cm³/mol. The van der Waals surface area contributed by atoms with Crippen LogP contribution in [0, 0.1) is 23.6 Å². The van der Waals surface area contributed by atoms with Crippen LogP contribution in [0.4, 0.5) is 10.1 Å². The fraction of sp³-hybridized carbons (Fsp3) is 0.389. The Hall–Kier alpha value is -4.99. The molecule has 2 fully saturated rings. The van der Waals surface area contributed by atoms with E-state index in [1.807, 2.05) is 53.0 Å². The number of carbonyl (C=O) groups excluding carboxylic acids is 1. The molecule has 3 atom stereocenters. The van der Waals surface area contributed by atoms with Crippen LogP contribution in [-0.4, -0.2) is 66.4 Å². The Morgan fingerprint density at radius 2 is 1.83 bits per heavy atom. The molecular weight excluding hydrogens is 615 g/mol. The molecule has 1 saturated carbocycles. The monoisotopic (exact) mass is 654 g/mol. The molecule has 11 nitrogen and oxygen atoms in total. The Bertz CT molecular complexity index is 1870. The number of nitrogens with zero attached hydrogens (tertiary/aromatic N) is 5. The van der Waals surface area contributed by atoms with Crippen LogP contribution in [0.1, 0.15) is 49.4 Å². The van der Waals surface area contributed by atoms with Crippen LogP contribution in [-0.2, 0) is 23.1 Å². The van der Waals surface area contributed by atoms with Gasteiger partial charge in [-0.25, -0.2) is 14.4 Å². The molecule has 0 spiro atoms. The maximum absolute atomic E-state index is 14.1. The van der Waals surface area contributed by atoms with Gasteiger partial charge >= 0.3 is 0 Å². The first kappa shape index (κ1) is 32.9. The van der Waals surface area contributed by atoms with Gasteiger partial charge in [-0.1, -0.05) is 36.3 Å². The Morgan fingerprint density at radius 3 is 2.50 bits per heavy atom. The number of methoxy groups -OCH3 is 1. The summed E-state index contributed by atoms with van der Waals surface area (Å²) in [5.41, 5.74) is 4.34. The van der Waals surface area contributed by atoms with Crippen molar-refractivity contribution in [2.45, 2.75) is 55.8 Å². The molecular formula is C36H39FN6O5. The lowest BCUT2D eigenvalue weighted by Crippen LogP contribution is -2.52. The number of aliphatic hydroxyl groups is 1. The van der Waals surface area contributed by atoms with Gasteiger partial charge in [0.05, 0.1) is 12.1 Å². The molecule has 1 amide bonds. The van der Waals surface area contributed by atoms with Gasteiger partial charge in [0.1, 0.15) is 23.5 Å². The van der Waals surface area contributed by atoms with Crippen LogP contribution >= 0.6 is 0 Å². The van der Waals surface area contributed by atoms with E-state index >= 15 is 0 Å². The van der Waals surface area contributed by atoms with Crippen LogP contribution in [0.2, 0.25) is 0 Å². The molecule has 0 radical (unpaired) electrons. The summed E-state index contributed by atoms with van der Waals surface area (Å²) in [6.07, 6.45) is 7.12. The highest BCUT2D eigenvalue weighted by molar-refractivity contribution is 5.80. The number of piperidine rings is 1. The van der Waals surface area contributed by atoms with Gasteiger partial charge < -0.3 is 29.8 Å². The molecule has 48 heavy (non-hydrogen) atoms. The van der Waals surface area contributed by atoms with E-state index in [-0.39, 0.29) is 54.4 Å². The normalized spacial score (nSPS) is 22.0. The summed E-state index contributed by atoms with van der Waals surface area (Å²) in [6.45, 7) is 0.638. The third kappa shape index (κ3) is 6.98. The number of carbonyl (C=O) groups is 1. The minimum Gasteiger partial charge on any atom is -0.437 e. The number of benzene rings is 2. The second-order valence-electron chi connectivity index (χ2n) is 12.7. The maximum Gasteiger partial charge on any atom is 0.280 e. The van der Waals surface area contributed by atoms with E-state index in [0.717, 1.165) is 5.56 Å². The molecule has 2 aromatic carbocycles. The number of halogens is 1. The van der Waals surface area contributed by atoms with Crippen molar-refractivity contribution in [2.24, 2.45) is 13.0 Å². The maximum atomic E-state index is 14.1. The average molecular weight is 655 g/mol. The molecule has 0 unspecified atom stereocenters. The molecule has 1 saturated heterocycles. The first-order chi connectivity index (χ1) is 23.1. The zero-order valence-corrected chi connectivity index (χ0v) is 27.0. The van der Waals surface area contributed by atoms with Gasteiger partial charge in [-0.15, -0.1) is 0 Å². The summed E-state index contributed by atoms with van der Waals surface area (Å²) in [5.74, 6) is 6.58. The first-order valence-electron chi connectivity index (χ1n) is 16.0. The smallest absolute Gasteiger partial charge is 0.280 e. The van der Waals surface area contributed by atoms with Crippen molar-refractivity contribution >= 4 is 11.6 Å². The van der Waals surface area contributed by atoms with Crippen LogP contribution in [0.5, 0.6) is 11.6 Å². The number of aromatic nitrogens is 4. The molecule has 6 rings (SSSR count). The standard InChI is InChI=1S/C36H39FN6O5/c1-41-21-18-39-30(41)13-15-36(47-2)14-12-28(29(22-36)25-6-4-3-5-7-25)33(44)42-19-16-35(46,17-20-42)23-43-24-40-32(31(38)34(43)45)48-27-10-8-26(37)9-11-27/h3-11,18,21,24,28-29,46H,12,14,16-17,19-20,22-23,38H2,1-2H3/t28-,29+,36-/m1/s1. The molecule has 2 aliphatic rings. The Kier molecular flexibility index (Phi) is 9.35. The van der Waals surface area contributed by atoms with Crippen molar-refractivity contribution in [3.8, 4) is 23.5 Å². The number of hydrogen-bond donors (Lipinski definition) is 2. The zero-order chi connectivity index (χ0) is 33.9. The number of ether oxygens (including phenoxy) is 2. The fourth-order valence-electron chi connectivity index (χ4n) is 6.69. The van der Waals surface area contributed by atoms with E-state index in [9.17, 15) is 19.1 Å². The summed E-state index contributed by atoms with van der Waals surface area (Å²) < 4.78 is 28.0. The van der Waals surface area contributed by atoms with Crippen LogP contribution < -0.4 is 16.0 Å². The Balaban J connectivity index is 1.14. The Labute approximate surface area is 278 Å². The van der Waals surface area contributed by atoms with E-state index in [0.29, 0.717) is 38.2 Å². The second kappa shape index (κ2) is 13.6. The average Bonchev–Trinajstić information content (AvgIpc) is 3.52. The summed E-state index contributed by atoms with van der Waals surface area (Å²) >= 11 is 0. The Morgan fingerprint density at radius 1 is 1.10 bits per heavy atom. The van der Waals surface area contributed by atoms with Crippen molar-refractivity contribution < 1.29 is 23.8 Å². The zero-order valence-electron chi connectivity index (χ0n) is 27.0. The summed E-state index contributed by atoms with van der Waals surface area (Å²) in [6, 6.07) is 15.3. The molecule has 2 aromatic heterocycles. The minimum atomic E-state index is -1.24. The fourth-order valence-corrected chi connectivity index (χ4v) is 6.69. The van der Waals surface area contributed by atoms with Crippen molar-refractivity contribution in [1.82, 2.24) is 24.0 Å². The molecule has 250 valence electrons. The molecule has 3 N–H and O–H groups in total. The van der Waals surface area contributed by atoms with E-state index < -0.39 is 22.6 Å². The highest BCUT2D eigenvalue weighted by Crippen LogP contribution is 2.45. The summed E-state index contributed by atoms with van der Waals surface area (Å²) in [5, 5.41) is 11.5. The van der Waals surface area contributed by atoms with E-state index in [4.69, 9.17) is 15.2 Å². The number of aryl methyl sites for hydroxylation is 1. The van der Waals surface area contributed by atoms with Crippen molar-refractivity contribution in [2.75, 3.05) is 25.9 Å². The minimum absolute atomic E-state index is 0.0387. The van der Waals surface area contributed by atoms with Gasteiger partial charge in [0.2, 0.25) is 11.8 Å². The number of likely N-dealkylation sites (tertiary alicyclic amines) is 1. The number of anilines is 1. The molecule has 3 heterocycles. The van der Waals surface area contributed by atoms with Crippen molar-refractivity contribution in [3.63, 3.8) is 0 Å². The van der Waals surface area contributed by atoms with Crippen molar-refractivity contribution in [1.29, 1.82) is 0 Å². The molecule has 0 bridgehead atoms. The quantitative estimate of drug-likeness (QED) is 0.287. The van der Waals surface area contributed by atoms with Crippen LogP contribution in [0.3, 0.4) is 0 Å². The topological polar surface area (TPSA) is 138 Å². The van der Waals surface area contributed by atoms with Gasteiger partial charge in [0.15, 0.2) is 11.5 Å². The van der Waals surface area contributed by atoms with Crippen LogP contribution in [0.15, 0.2) is 78.1 Å². The number of imidazole rings is 1. The van der Waals surface area contributed by atoms with Gasteiger partial charge in [-0.3, -0.25) is 14.2 Å². The van der Waals surface area contributed by atoms with Gasteiger partial charge in [-0.2, -0.15) is 0 Å². The SMILES string of the molecule is CO[C@@]1(C#Cc2nccn2C)CC[C@@H](C(=O)N2CCC(O)(Cn3cnc(Oc4ccc(F)cc4)c(N)c3=O)CC2)[C@H](c2ccccc2)C1. The lowest BCUT2D eigenvalue weighted by Gasteiger charge is -2.44. The van der Waals surface area contributed by atoms with E-state index in [1.54, 1.807) is 13.3 Å². The largest absolute Gasteiger partial charge is 0.437 e. The summed E-state index contributed by atoms with van der Waals surface area (Å²) in [7, 11) is 3.56. The third-order valence-electron chi connectivity index (χ3n) is 9.59. The number of nitrogen functional groups attached to an aromatic ring is 1. The molecule has 1 aliphatic heterocycles. The van der Waals surface area contributed by atoms with Crippen LogP contribution in [0.25, 0.3) is 0 Å².